The van der Waals surface area contributed by atoms with Gasteiger partial charge in [0.2, 0.25) is 0 Å². The topological polar surface area (TPSA) is 67.1 Å². The second-order valence-electron chi connectivity index (χ2n) is 3.83. The van der Waals surface area contributed by atoms with E-state index in [2.05, 4.69) is 26.6 Å². The van der Waals surface area contributed by atoms with Crippen molar-refractivity contribution in [2.45, 2.75) is 0 Å². The van der Waals surface area contributed by atoms with Gasteiger partial charge in [-0.1, -0.05) is 33.6 Å². The molecule has 2 amide bonds. The molecule has 0 fully saturated rings. The predicted molar refractivity (Wildman–Crippen MR) is 82.6 cm³/mol. The van der Waals surface area contributed by atoms with E-state index in [1.807, 2.05) is 0 Å². The fourth-order valence-corrected chi connectivity index (χ4v) is 2.02. The van der Waals surface area contributed by atoms with Crippen molar-refractivity contribution in [3.8, 4) is 0 Å². The van der Waals surface area contributed by atoms with Crippen LogP contribution in [0.15, 0.2) is 46.9 Å². The maximum atomic E-state index is 11.8. The first-order valence-electron chi connectivity index (χ1n) is 5.43. The van der Waals surface area contributed by atoms with Gasteiger partial charge < -0.3 is 16.4 Å². The molecule has 0 aliphatic rings. The molecule has 4 N–H and O–H groups in total. The second kappa shape index (κ2) is 5.95. The zero-order valence-corrected chi connectivity index (χ0v) is 12.1. The number of urea groups is 1. The number of anilines is 3. The van der Waals surface area contributed by atoms with Gasteiger partial charge in [-0.25, -0.2) is 4.79 Å². The SMILES string of the molecule is Nc1cccc(NC(=O)Nc2cc(Br)ccc2Cl)c1. The summed E-state index contributed by atoms with van der Waals surface area (Å²) >= 11 is 9.30. The summed E-state index contributed by atoms with van der Waals surface area (Å²) in [7, 11) is 0. The Morgan fingerprint density at radius 3 is 2.68 bits per heavy atom. The molecule has 0 aromatic heterocycles. The van der Waals surface area contributed by atoms with Crippen molar-refractivity contribution in [1.29, 1.82) is 0 Å². The van der Waals surface area contributed by atoms with Crippen LogP contribution in [0.2, 0.25) is 5.02 Å². The summed E-state index contributed by atoms with van der Waals surface area (Å²) in [5, 5.41) is 5.80. The van der Waals surface area contributed by atoms with Gasteiger partial charge in [0.05, 0.1) is 10.7 Å². The lowest BCUT2D eigenvalue weighted by atomic mass is 10.3. The average Bonchev–Trinajstić information content (AvgIpc) is 2.34. The van der Waals surface area contributed by atoms with E-state index in [0.717, 1.165) is 4.47 Å². The number of benzene rings is 2. The van der Waals surface area contributed by atoms with Gasteiger partial charge in [0.15, 0.2) is 0 Å². The van der Waals surface area contributed by atoms with Gasteiger partial charge in [-0.05, 0) is 36.4 Å². The molecular weight excluding hydrogens is 330 g/mol. The zero-order valence-electron chi connectivity index (χ0n) is 9.78. The summed E-state index contributed by atoms with van der Waals surface area (Å²) < 4.78 is 0.830. The normalized spacial score (nSPS) is 10.0. The Balaban J connectivity index is 2.07. The highest BCUT2D eigenvalue weighted by Crippen LogP contribution is 2.25. The molecule has 0 radical (unpaired) electrons. The zero-order chi connectivity index (χ0) is 13.8. The van der Waals surface area contributed by atoms with E-state index >= 15 is 0 Å². The number of nitrogen functional groups attached to an aromatic ring is 1. The van der Waals surface area contributed by atoms with E-state index in [1.54, 1.807) is 42.5 Å². The smallest absolute Gasteiger partial charge is 0.323 e. The summed E-state index contributed by atoms with van der Waals surface area (Å²) in [6.45, 7) is 0. The molecule has 0 heterocycles. The lowest BCUT2D eigenvalue weighted by Crippen LogP contribution is -2.19. The van der Waals surface area contributed by atoms with Gasteiger partial charge >= 0.3 is 6.03 Å². The van der Waals surface area contributed by atoms with Gasteiger partial charge in [0.1, 0.15) is 0 Å². The number of halogens is 2. The molecule has 0 bridgehead atoms. The Bertz CT molecular complexity index is 619. The van der Waals surface area contributed by atoms with Gasteiger partial charge in [0, 0.05) is 15.8 Å². The number of carbonyl (C=O) groups is 1. The Hall–Kier alpha value is -1.72. The number of carbonyl (C=O) groups excluding carboxylic acids is 1. The Morgan fingerprint density at radius 1 is 1.16 bits per heavy atom. The van der Waals surface area contributed by atoms with Crippen LogP contribution in [0, 0.1) is 0 Å². The van der Waals surface area contributed by atoms with Crippen LogP contribution >= 0.6 is 27.5 Å². The predicted octanol–water partition coefficient (Wildman–Crippen LogP) is 4.33. The molecule has 0 aliphatic carbocycles. The monoisotopic (exact) mass is 339 g/mol. The van der Waals surface area contributed by atoms with Crippen LogP contribution in [0.4, 0.5) is 21.9 Å². The first-order chi connectivity index (χ1) is 9.04. The fourth-order valence-electron chi connectivity index (χ4n) is 1.49. The van der Waals surface area contributed by atoms with Gasteiger partial charge in [-0.2, -0.15) is 0 Å². The second-order valence-corrected chi connectivity index (χ2v) is 5.15. The minimum absolute atomic E-state index is 0.384. The van der Waals surface area contributed by atoms with Gasteiger partial charge in [-0.15, -0.1) is 0 Å². The van der Waals surface area contributed by atoms with Crippen LogP contribution in [-0.2, 0) is 0 Å². The lowest BCUT2D eigenvalue weighted by molar-refractivity contribution is 0.262. The van der Waals surface area contributed by atoms with Gasteiger partial charge in [-0.3, -0.25) is 0 Å². The van der Waals surface area contributed by atoms with Crippen LogP contribution in [0.5, 0.6) is 0 Å². The molecule has 0 spiro atoms. The molecule has 0 unspecified atom stereocenters. The van der Waals surface area contributed by atoms with Crippen molar-refractivity contribution in [3.05, 3.63) is 52.0 Å². The molecule has 2 aromatic rings. The number of hydrogen-bond acceptors (Lipinski definition) is 2. The highest BCUT2D eigenvalue weighted by molar-refractivity contribution is 9.10. The van der Waals surface area contributed by atoms with Crippen LogP contribution in [0.25, 0.3) is 0 Å². The summed E-state index contributed by atoms with van der Waals surface area (Å²) in [5.74, 6) is 0. The van der Waals surface area contributed by atoms with Crippen LogP contribution in [0.3, 0.4) is 0 Å². The number of amides is 2. The van der Waals surface area contributed by atoms with E-state index in [9.17, 15) is 4.79 Å². The first-order valence-corrected chi connectivity index (χ1v) is 6.60. The van der Waals surface area contributed by atoms with Crippen molar-refractivity contribution in [2.75, 3.05) is 16.4 Å². The van der Waals surface area contributed by atoms with E-state index < -0.39 is 0 Å². The lowest BCUT2D eigenvalue weighted by Gasteiger charge is -2.09. The van der Waals surface area contributed by atoms with Crippen LogP contribution in [-0.4, -0.2) is 6.03 Å². The summed E-state index contributed by atoms with van der Waals surface area (Å²) in [4.78, 5) is 11.8. The molecule has 4 nitrogen and oxygen atoms in total. The Kier molecular flexibility index (Phi) is 4.29. The first kappa shape index (κ1) is 13.7. The number of nitrogens with one attached hydrogen (secondary N) is 2. The van der Waals surface area contributed by atoms with Crippen molar-refractivity contribution in [2.24, 2.45) is 0 Å². The quantitative estimate of drug-likeness (QED) is 0.712. The Morgan fingerprint density at radius 2 is 1.95 bits per heavy atom. The molecule has 19 heavy (non-hydrogen) atoms. The molecule has 98 valence electrons. The average molecular weight is 341 g/mol. The maximum Gasteiger partial charge on any atom is 0.323 e. The summed E-state index contributed by atoms with van der Waals surface area (Å²) in [5.41, 5.74) is 7.35. The standard InChI is InChI=1S/C13H11BrClN3O/c14-8-4-5-11(15)12(6-8)18-13(19)17-10-3-1-2-9(16)7-10/h1-7H,16H2,(H2,17,18,19). The highest BCUT2D eigenvalue weighted by atomic mass is 79.9. The van der Waals surface area contributed by atoms with E-state index in [-0.39, 0.29) is 6.03 Å². The fraction of sp³-hybridized carbons (Fsp3) is 0. The van der Waals surface area contributed by atoms with Crippen LogP contribution in [0.1, 0.15) is 0 Å². The minimum Gasteiger partial charge on any atom is -0.399 e. The third-order valence-electron chi connectivity index (χ3n) is 2.32. The molecule has 2 rings (SSSR count). The largest absolute Gasteiger partial charge is 0.399 e. The molecule has 0 saturated carbocycles. The van der Waals surface area contributed by atoms with E-state index in [4.69, 9.17) is 17.3 Å². The molecule has 0 saturated heterocycles. The number of rotatable bonds is 2. The summed E-state index contributed by atoms with van der Waals surface area (Å²) in [6, 6.07) is 11.8. The highest BCUT2D eigenvalue weighted by Gasteiger charge is 2.06. The van der Waals surface area contributed by atoms with Crippen molar-refractivity contribution >= 4 is 50.6 Å². The molecule has 0 aliphatic heterocycles. The third-order valence-corrected chi connectivity index (χ3v) is 3.14. The molecule has 2 aromatic carbocycles. The van der Waals surface area contributed by atoms with E-state index in [1.165, 1.54) is 0 Å². The van der Waals surface area contributed by atoms with Crippen molar-refractivity contribution in [1.82, 2.24) is 0 Å². The number of hydrogen-bond donors (Lipinski definition) is 3. The van der Waals surface area contributed by atoms with E-state index in [0.29, 0.717) is 22.1 Å². The minimum atomic E-state index is -0.384. The molecule has 0 atom stereocenters. The van der Waals surface area contributed by atoms with Crippen molar-refractivity contribution in [3.63, 3.8) is 0 Å². The third kappa shape index (κ3) is 3.87. The van der Waals surface area contributed by atoms with Crippen molar-refractivity contribution < 1.29 is 4.79 Å². The van der Waals surface area contributed by atoms with Crippen LogP contribution < -0.4 is 16.4 Å². The molecular formula is C13H11BrClN3O. The maximum absolute atomic E-state index is 11.8. The summed E-state index contributed by atoms with van der Waals surface area (Å²) in [6.07, 6.45) is 0. The van der Waals surface area contributed by atoms with Gasteiger partial charge in [0.25, 0.3) is 0 Å². The number of nitrogens with two attached hydrogens (primary N) is 1. The Labute approximate surface area is 124 Å². The molecule has 6 heteroatoms.